The molecule has 2 aliphatic heterocycles. The monoisotopic (exact) mass is 317 g/mol. The van der Waals surface area contributed by atoms with E-state index in [0.717, 1.165) is 50.6 Å². The van der Waals surface area contributed by atoms with Crippen molar-refractivity contribution in [1.82, 2.24) is 9.80 Å². The number of rotatable bonds is 4. The highest BCUT2D eigenvalue weighted by Gasteiger charge is 2.24. The lowest BCUT2D eigenvalue weighted by atomic mass is 10.1. The Kier molecular flexibility index (Phi) is 5.51. The second kappa shape index (κ2) is 7.79. The molecule has 1 amide bonds. The first kappa shape index (κ1) is 16.3. The second-order valence-corrected chi connectivity index (χ2v) is 6.41. The molecule has 5 nitrogen and oxygen atoms in total. The number of piperazine rings is 1. The molecular formula is C18H27N3O2. The number of carbonyl (C=O) groups is 1. The van der Waals surface area contributed by atoms with E-state index in [-0.39, 0.29) is 5.91 Å². The van der Waals surface area contributed by atoms with Gasteiger partial charge in [0.2, 0.25) is 0 Å². The Balaban J connectivity index is 1.48. The number of nitrogens with zero attached hydrogens (tertiary/aromatic N) is 2. The fourth-order valence-corrected chi connectivity index (χ4v) is 3.33. The van der Waals surface area contributed by atoms with Crippen molar-refractivity contribution in [2.75, 3.05) is 51.7 Å². The highest BCUT2D eigenvalue weighted by Crippen LogP contribution is 2.16. The molecule has 0 saturated carbocycles. The minimum absolute atomic E-state index is 0.140. The Bertz CT molecular complexity index is 504. The van der Waals surface area contributed by atoms with Crippen LogP contribution in [0, 0.1) is 0 Å². The summed E-state index contributed by atoms with van der Waals surface area (Å²) in [7, 11) is 1.88. The fraction of sp³-hybridized carbons (Fsp3) is 0.611. The molecule has 23 heavy (non-hydrogen) atoms. The molecular weight excluding hydrogens is 290 g/mol. The van der Waals surface area contributed by atoms with Gasteiger partial charge < -0.3 is 15.0 Å². The molecule has 0 bridgehead atoms. The Morgan fingerprint density at radius 1 is 1.17 bits per heavy atom. The summed E-state index contributed by atoms with van der Waals surface area (Å²) in [6, 6.07) is 7.70. The molecule has 1 unspecified atom stereocenters. The van der Waals surface area contributed by atoms with Crippen molar-refractivity contribution in [3.05, 3.63) is 29.8 Å². The van der Waals surface area contributed by atoms with E-state index in [1.54, 1.807) is 0 Å². The fourth-order valence-electron chi connectivity index (χ4n) is 3.33. The van der Waals surface area contributed by atoms with Crippen molar-refractivity contribution in [2.24, 2.45) is 0 Å². The molecule has 2 saturated heterocycles. The van der Waals surface area contributed by atoms with Crippen molar-refractivity contribution in [1.29, 1.82) is 0 Å². The van der Waals surface area contributed by atoms with Crippen LogP contribution in [0.5, 0.6) is 0 Å². The van der Waals surface area contributed by atoms with Gasteiger partial charge in [0.1, 0.15) is 0 Å². The minimum atomic E-state index is 0.140. The van der Waals surface area contributed by atoms with Crippen molar-refractivity contribution in [2.45, 2.75) is 25.4 Å². The SMILES string of the molecule is CNc1ccc(C(=O)N2CCN(CC3CCCCO3)CC2)cc1. The Hall–Kier alpha value is -1.59. The Morgan fingerprint density at radius 3 is 2.52 bits per heavy atom. The van der Waals surface area contributed by atoms with Crippen LogP contribution in [0.25, 0.3) is 0 Å². The summed E-state index contributed by atoms with van der Waals surface area (Å²) in [6.07, 6.45) is 4.05. The highest BCUT2D eigenvalue weighted by molar-refractivity contribution is 5.94. The summed E-state index contributed by atoms with van der Waals surface area (Å²) >= 11 is 0. The highest BCUT2D eigenvalue weighted by atomic mass is 16.5. The molecule has 1 aromatic carbocycles. The first-order chi connectivity index (χ1) is 11.3. The molecule has 0 aromatic heterocycles. The van der Waals surface area contributed by atoms with Crippen LogP contribution in [0.4, 0.5) is 5.69 Å². The van der Waals surface area contributed by atoms with Gasteiger partial charge in [-0.3, -0.25) is 9.69 Å². The molecule has 0 aliphatic carbocycles. The predicted molar refractivity (Wildman–Crippen MR) is 91.9 cm³/mol. The lowest BCUT2D eigenvalue weighted by molar-refractivity contribution is -0.0130. The normalized spacial score (nSPS) is 22.8. The molecule has 1 aromatic rings. The first-order valence-corrected chi connectivity index (χ1v) is 8.67. The first-order valence-electron chi connectivity index (χ1n) is 8.67. The number of nitrogens with one attached hydrogen (secondary N) is 1. The van der Waals surface area contributed by atoms with Gasteiger partial charge in [0.15, 0.2) is 0 Å². The molecule has 5 heteroatoms. The van der Waals surface area contributed by atoms with Crippen LogP contribution < -0.4 is 5.32 Å². The lowest BCUT2D eigenvalue weighted by Crippen LogP contribution is -2.50. The Labute approximate surface area is 138 Å². The zero-order valence-corrected chi connectivity index (χ0v) is 14.0. The van der Waals surface area contributed by atoms with Crippen LogP contribution in [-0.2, 0) is 4.74 Å². The van der Waals surface area contributed by atoms with E-state index in [9.17, 15) is 4.79 Å². The van der Waals surface area contributed by atoms with E-state index in [2.05, 4.69) is 10.2 Å². The van der Waals surface area contributed by atoms with E-state index in [1.807, 2.05) is 36.2 Å². The van der Waals surface area contributed by atoms with Crippen LogP contribution in [0.2, 0.25) is 0 Å². The van der Waals surface area contributed by atoms with Crippen LogP contribution in [0.3, 0.4) is 0 Å². The van der Waals surface area contributed by atoms with Crippen molar-refractivity contribution in [3.63, 3.8) is 0 Å². The molecule has 2 fully saturated rings. The van der Waals surface area contributed by atoms with Gasteiger partial charge in [-0.05, 0) is 43.5 Å². The van der Waals surface area contributed by atoms with Gasteiger partial charge in [-0.15, -0.1) is 0 Å². The molecule has 2 heterocycles. The van der Waals surface area contributed by atoms with Gasteiger partial charge in [0.25, 0.3) is 5.91 Å². The topological polar surface area (TPSA) is 44.8 Å². The molecule has 0 spiro atoms. The van der Waals surface area contributed by atoms with Crippen LogP contribution >= 0.6 is 0 Å². The quantitative estimate of drug-likeness (QED) is 0.923. The lowest BCUT2D eigenvalue weighted by Gasteiger charge is -2.37. The number of hydrogen-bond donors (Lipinski definition) is 1. The average Bonchev–Trinajstić information content (AvgIpc) is 2.63. The maximum Gasteiger partial charge on any atom is 0.253 e. The van der Waals surface area contributed by atoms with E-state index < -0.39 is 0 Å². The van der Waals surface area contributed by atoms with Crippen LogP contribution in [0.1, 0.15) is 29.6 Å². The number of amides is 1. The van der Waals surface area contributed by atoms with Crippen LogP contribution in [0.15, 0.2) is 24.3 Å². The van der Waals surface area contributed by atoms with Gasteiger partial charge in [0.05, 0.1) is 6.10 Å². The third kappa shape index (κ3) is 4.24. The Morgan fingerprint density at radius 2 is 1.91 bits per heavy atom. The zero-order chi connectivity index (χ0) is 16.1. The van der Waals surface area contributed by atoms with Gasteiger partial charge in [0, 0.05) is 57.6 Å². The molecule has 0 radical (unpaired) electrons. The maximum atomic E-state index is 12.6. The van der Waals surface area contributed by atoms with Gasteiger partial charge in [-0.1, -0.05) is 0 Å². The molecule has 1 atom stereocenters. The maximum absolute atomic E-state index is 12.6. The van der Waals surface area contributed by atoms with Crippen LogP contribution in [-0.4, -0.2) is 68.2 Å². The van der Waals surface area contributed by atoms with Gasteiger partial charge >= 0.3 is 0 Å². The number of hydrogen-bond acceptors (Lipinski definition) is 4. The third-order valence-corrected chi connectivity index (χ3v) is 4.82. The van der Waals surface area contributed by atoms with Crippen molar-refractivity contribution >= 4 is 11.6 Å². The largest absolute Gasteiger partial charge is 0.388 e. The summed E-state index contributed by atoms with van der Waals surface area (Å²) in [6.45, 7) is 5.42. The van der Waals surface area contributed by atoms with E-state index in [0.29, 0.717) is 6.10 Å². The number of benzene rings is 1. The van der Waals surface area contributed by atoms with E-state index in [1.165, 1.54) is 19.3 Å². The molecule has 1 N–H and O–H groups in total. The second-order valence-electron chi connectivity index (χ2n) is 6.41. The van der Waals surface area contributed by atoms with Gasteiger partial charge in [-0.2, -0.15) is 0 Å². The zero-order valence-electron chi connectivity index (χ0n) is 14.0. The molecule has 2 aliphatic rings. The smallest absolute Gasteiger partial charge is 0.253 e. The summed E-state index contributed by atoms with van der Waals surface area (Å²) in [5, 5.41) is 3.07. The van der Waals surface area contributed by atoms with E-state index in [4.69, 9.17) is 4.74 Å². The van der Waals surface area contributed by atoms with Crippen molar-refractivity contribution in [3.8, 4) is 0 Å². The number of carbonyl (C=O) groups excluding carboxylic acids is 1. The summed E-state index contributed by atoms with van der Waals surface area (Å²) in [4.78, 5) is 17.0. The third-order valence-electron chi connectivity index (χ3n) is 4.82. The molecule has 3 rings (SSSR count). The molecule has 126 valence electrons. The number of anilines is 1. The van der Waals surface area contributed by atoms with Crippen molar-refractivity contribution < 1.29 is 9.53 Å². The standard InChI is InChI=1S/C18H27N3O2/c1-19-16-7-5-15(6-8-16)18(22)21-11-9-20(10-12-21)14-17-4-2-3-13-23-17/h5-8,17,19H,2-4,9-14H2,1H3. The number of ether oxygens (including phenoxy) is 1. The summed E-state index contributed by atoms with van der Waals surface area (Å²) in [5.41, 5.74) is 1.80. The summed E-state index contributed by atoms with van der Waals surface area (Å²) < 4.78 is 5.82. The average molecular weight is 317 g/mol. The van der Waals surface area contributed by atoms with E-state index >= 15 is 0 Å². The van der Waals surface area contributed by atoms with Gasteiger partial charge in [-0.25, -0.2) is 0 Å². The predicted octanol–water partition coefficient (Wildman–Crippen LogP) is 2.06. The summed E-state index contributed by atoms with van der Waals surface area (Å²) in [5.74, 6) is 0.140. The minimum Gasteiger partial charge on any atom is -0.388 e.